The number of esters is 1. The second-order valence-electron chi connectivity index (χ2n) is 7.17. The van der Waals surface area contributed by atoms with Crippen LogP contribution in [0.4, 0.5) is 0 Å². The van der Waals surface area contributed by atoms with Gasteiger partial charge in [0.1, 0.15) is 0 Å². The van der Waals surface area contributed by atoms with E-state index in [-0.39, 0.29) is 11.4 Å². The molecule has 0 fully saturated rings. The highest BCUT2D eigenvalue weighted by molar-refractivity contribution is 5.83. The average Bonchev–Trinajstić information content (AvgIpc) is 2.46. The van der Waals surface area contributed by atoms with Crippen LogP contribution < -0.4 is 0 Å². The van der Waals surface area contributed by atoms with Gasteiger partial charge in [-0.1, -0.05) is 55.9 Å². The van der Waals surface area contributed by atoms with Crippen LogP contribution in [0.3, 0.4) is 0 Å². The van der Waals surface area contributed by atoms with E-state index in [0.717, 1.165) is 17.6 Å². The summed E-state index contributed by atoms with van der Waals surface area (Å²) >= 11 is 0. The fourth-order valence-electron chi connectivity index (χ4n) is 3.09. The third-order valence-electron chi connectivity index (χ3n) is 4.42. The van der Waals surface area contributed by atoms with Crippen molar-refractivity contribution >= 4 is 5.97 Å². The van der Waals surface area contributed by atoms with Crippen LogP contribution in [-0.4, -0.2) is 12.6 Å². The van der Waals surface area contributed by atoms with E-state index in [4.69, 9.17) is 4.74 Å². The number of carbonyl (C=O) groups is 1. The molecule has 132 valence electrons. The summed E-state index contributed by atoms with van der Waals surface area (Å²) in [4.78, 5) is 11.4. The summed E-state index contributed by atoms with van der Waals surface area (Å²) in [5, 5.41) is 0. The Bertz CT molecular complexity index is 583. The molecule has 2 nitrogen and oxygen atoms in total. The zero-order chi connectivity index (χ0) is 18.2. The Kier molecular flexibility index (Phi) is 7.97. The van der Waals surface area contributed by atoms with Gasteiger partial charge in [0, 0.05) is 6.08 Å². The highest BCUT2D eigenvalue weighted by Gasteiger charge is 2.26. The molecule has 24 heavy (non-hydrogen) atoms. The maximum absolute atomic E-state index is 11.4. The Morgan fingerprint density at radius 1 is 1.33 bits per heavy atom. The zero-order valence-electron chi connectivity index (χ0n) is 15.9. The van der Waals surface area contributed by atoms with Crippen LogP contribution in [0, 0.1) is 5.41 Å². The fourth-order valence-corrected chi connectivity index (χ4v) is 3.09. The monoisotopic (exact) mass is 328 g/mol. The molecule has 0 heterocycles. The minimum atomic E-state index is -0.291. The summed E-state index contributed by atoms with van der Waals surface area (Å²) in [5.74, 6) is -0.291. The summed E-state index contributed by atoms with van der Waals surface area (Å²) in [6.45, 7) is 15.1. The lowest BCUT2D eigenvalue weighted by Gasteiger charge is -2.33. The lowest BCUT2D eigenvalue weighted by atomic mass is 9.72. The molecule has 2 heteroatoms. The fraction of sp³-hybridized carbons (Fsp3) is 0.500. The molecule has 0 spiro atoms. The number of hydrogen-bond acceptors (Lipinski definition) is 2. The van der Waals surface area contributed by atoms with Gasteiger partial charge in [-0.3, -0.25) is 0 Å². The molecule has 0 atom stereocenters. The minimum absolute atomic E-state index is 0.258. The summed E-state index contributed by atoms with van der Waals surface area (Å²) in [6, 6.07) is 0. The first-order chi connectivity index (χ1) is 11.3. The van der Waals surface area contributed by atoms with Gasteiger partial charge < -0.3 is 4.74 Å². The van der Waals surface area contributed by atoms with Crippen LogP contribution >= 0.6 is 0 Å². The van der Waals surface area contributed by atoms with Crippen LogP contribution in [0.2, 0.25) is 0 Å². The first kappa shape index (κ1) is 20.2. The molecule has 0 aromatic rings. The predicted molar refractivity (Wildman–Crippen MR) is 103 cm³/mol. The van der Waals surface area contributed by atoms with Crippen LogP contribution in [0.5, 0.6) is 0 Å². The van der Waals surface area contributed by atoms with Crippen LogP contribution in [0.15, 0.2) is 59.3 Å². The predicted octanol–water partition coefficient (Wildman–Crippen LogP) is 6.08. The van der Waals surface area contributed by atoms with Crippen molar-refractivity contribution in [2.24, 2.45) is 5.41 Å². The van der Waals surface area contributed by atoms with E-state index >= 15 is 0 Å². The molecule has 0 aromatic carbocycles. The second kappa shape index (κ2) is 9.46. The Balaban J connectivity index is 2.60. The third kappa shape index (κ3) is 6.74. The third-order valence-corrected chi connectivity index (χ3v) is 4.42. The average molecular weight is 328 g/mol. The van der Waals surface area contributed by atoms with Crippen LogP contribution in [-0.2, 0) is 9.53 Å². The van der Waals surface area contributed by atoms with Gasteiger partial charge in [0.05, 0.1) is 6.61 Å². The second-order valence-corrected chi connectivity index (χ2v) is 7.17. The molecular formula is C22H32O2. The lowest BCUT2D eigenvalue weighted by Crippen LogP contribution is -2.19. The zero-order valence-corrected chi connectivity index (χ0v) is 15.9. The number of rotatable bonds is 7. The van der Waals surface area contributed by atoms with Crippen molar-refractivity contribution in [3.8, 4) is 0 Å². The Hall–Kier alpha value is -1.83. The number of ether oxygens (including phenoxy) is 1. The highest BCUT2D eigenvalue weighted by atomic mass is 16.5. The van der Waals surface area contributed by atoms with Crippen molar-refractivity contribution in [2.45, 2.75) is 60.3 Å². The summed E-state index contributed by atoms with van der Waals surface area (Å²) in [6.07, 6.45) is 14.4. The first-order valence-corrected chi connectivity index (χ1v) is 8.84. The maximum atomic E-state index is 11.4. The Morgan fingerprint density at radius 3 is 2.67 bits per heavy atom. The smallest absolute Gasteiger partial charge is 0.330 e. The van der Waals surface area contributed by atoms with E-state index in [9.17, 15) is 4.79 Å². The van der Waals surface area contributed by atoms with Gasteiger partial charge in [0.25, 0.3) is 0 Å². The van der Waals surface area contributed by atoms with Gasteiger partial charge in [0.2, 0.25) is 0 Å². The Morgan fingerprint density at radius 2 is 2.04 bits per heavy atom. The SMILES string of the molecule is C=C(/C=C/C1=C(C)CCCC1(C)C)C/C=C/C(C)=C/C(=O)OCC. The van der Waals surface area contributed by atoms with E-state index in [0.29, 0.717) is 6.61 Å². The lowest BCUT2D eigenvalue weighted by molar-refractivity contribution is -0.137. The van der Waals surface area contributed by atoms with E-state index in [1.54, 1.807) is 6.92 Å². The van der Waals surface area contributed by atoms with Crippen molar-refractivity contribution in [3.05, 3.63) is 59.3 Å². The normalized spacial score (nSPS) is 18.5. The van der Waals surface area contributed by atoms with Gasteiger partial charge in [-0.05, 0) is 63.0 Å². The molecule has 0 aromatic heterocycles. The van der Waals surface area contributed by atoms with Crippen molar-refractivity contribution in [1.82, 2.24) is 0 Å². The van der Waals surface area contributed by atoms with Crippen molar-refractivity contribution in [3.63, 3.8) is 0 Å². The van der Waals surface area contributed by atoms with Crippen LogP contribution in [0.1, 0.15) is 60.3 Å². The number of allylic oxidation sites excluding steroid dienone is 8. The molecule has 1 rings (SSSR count). The molecule has 0 saturated carbocycles. The quantitative estimate of drug-likeness (QED) is 0.321. The highest BCUT2D eigenvalue weighted by Crippen LogP contribution is 2.40. The van der Waals surface area contributed by atoms with Gasteiger partial charge in [0.15, 0.2) is 0 Å². The summed E-state index contributed by atoms with van der Waals surface area (Å²) in [5.41, 5.74) is 5.17. The van der Waals surface area contributed by atoms with Crippen LogP contribution in [0.25, 0.3) is 0 Å². The van der Waals surface area contributed by atoms with Gasteiger partial charge >= 0.3 is 5.97 Å². The van der Waals surface area contributed by atoms with E-state index in [2.05, 4.69) is 39.5 Å². The number of carbonyl (C=O) groups excluding carboxylic acids is 1. The molecular weight excluding hydrogens is 296 g/mol. The van der Waals surface area contributed by atoms with E-state index in [1.165, 1.54) is 36.5 Å². The molecule has 0 amide bonds. The molecule has 0 unspecified atom stereocenters. The molecule has 0 radical (unpaired) electrons. The largest absolute Gasteiger partial charge is 0.463 e. The van der Waals surface area contributed by atoms with E-state index in [1.807, 2.05) is 19.1 Å². The van der Waals surface area contributed by atoms with Crippen molar-refractivity contribution in [2.75, 3.05) is 6.61 Å². The number of hydrogen-bond donors (Lipinski definition) is 0. The summed E-state index contributed by atoms with van der Waals surface area (Å²) < 4.78 is 4.89. The molecule has 0 bridgehead atoms. The standard InChI is InChI=1S/C22H32O2/c1-7-24-21(23)16-18(3)11-8-10-17(2)13-14-20-19(4)12-9-15-22(20,5)6/h8,11,13-14,16H,2,7,9-10,12,15H2,1,3-6H3/b11-8+,14-13+,18-16+. The molecule has 0 aliphatic heterocycles. The van der Waals surface area contributed by atoms with E-state index < -0.39 is 0 Å². The Labute approximate surface area is 147 Å². The van der Waals surface area contributed by atoms with Gasteiger partial charge in [-0.2, -0.15) is 0 Å². The molecule has 0 N–H and O–H groups in total. The topological polar surface area (TPSA) is 26.3 Å². The maximum Gasteiger partial charge on any atom is 0.330 e. The molecule has 1 aliphatic rings. The molecule has 1 aliphatic carbocycles. The summed E-state index contributed by atoms with van der Waals surface area (Å²) in [7, 11) is 0. The minimum Gasteiger partial charge on any atom is -0.463 e. The van der Waals surface area contributed by atoms with Crippen molar-refractivity contribution < 1.29 is 9.53 Å². The first-order valence-electron chi connectivity index (χ1n) is 8.84. The van der Waals surface area contributed by atoms with Gasteiger partial charge in [-0.25, -0.2) is 4.79 Å². The van der Waals surface area contributed by atoms with Crippen molar-refractivity contribution in [1.29, 1.82) is 0 Å². The van der Waals surface area contributed by atoms with Gasteiger partial charge in [-0.15, -0.1) is 0 Å². The molecule has 0 saturated heterocycles.